The van der Waals surface area contributed by atoms with Crippen LogP contribution < -0.4 is 5.50 Å². The average Bonchev–Trinajstić information content (AvgIpc) is 1.60. The Morgan fingerprint density at radius 2 is 1.90 bits per heavy atom. The Labute approximate surface area is 58.1 Å². The molecule has 8 heteroatoms. The topological polar surface area (TPSA) is 110 Å². The lowest BCUT2D eigenvalue weighted by Gasteiger charge is -2.10. The zero-order chi connectivity index (χ0) is 8.41. The molecule has 10 heavy (non-hydrogen) atoms. The molecule has 0 aliphatic carbocycles. The molecule has 2 atom stereocenters. The van der Waals surface area contributed by atoms with E-state index >= 15 is 0 Å². The van der Waals surface area contributed by atoms with Crippen LogP contribution in [-0.4, -0.2) is 15.9 Å². The van der Waals surface area contributed by atoms with E-state index in [1.54, 1.807) is 0 Å². The minimum absolute atomic E-state index is 0.241. The Balaban J connectivity index is 4.17. The molecule has 0 aromatic carbocycles. The molecule has 6 nitrogen and oxygen atoms in total. The van der Waals surface area contributed by atoms with Gasteiger partial charge in [0.2, 0.25) is 0 Å². The monoisotopic (exact) mass is 189 g/mol. The van der Waals surface area contributed by atoms with Crippen molar-refractivity contribution >= 4 is 15.3 Å². The Morgan fingerprint density at radius 3 is 2.00 bits per heavy atom. The summed E-state index contributed by atoms with van der Waals surface area (Å²) in [6.07, 6.45) is -0.241. The van der Waals surface area contributed by atoms with Crippen LogP contribution in [0.3, 0.4) is 0 Å². The van der Waals surface area contributed by atoms with E-state index in [1.807, 2.05) is 0 Å². The van der Waals surface area contributed by atoms with E-state index in [0.29, 0.717) is 0 Å². The number of nitrogens with two attached hydrogens (primary N) is 1. The summed E-state index contributed by atoms with van der Waals surface area (Å²) in [6.45, 7) is 1.34. The predicted molar refractivity (Wildman–Crippen MR) is 35.5 cm³/mol. The highest BCUT2D eigenvalue weighted by atomic mass is 31.3. The molecule has 0 fully saturated rings. The first-order valence-electron chi connectivity index (χ1n) is 2.41. The summed E-state index contributed by atoms with van der Waals surface area (Å²) in [4.78, 5) is 16.8. The molecule has 0 amide bonds. The van der Waals surface area contributed by atoms with Gasteiger partial charge in [-0.2, -0.15) is 0 Å². The Morgan fingerprint density at radius 1 is 1.50 bits per heavy atom. The van der Waals surface area contributed by atoms with E-state index < -0.39 is 15.3 Å². The molecule has 0 heterocycles. The summed E-state index contributed by atoms with van der Waals surface area (Å²) in [5, 5.41) is 0. The van der Waals surface area contributed by atoms with Crippen LogP contribution in [0.2, 0.25) is 0 Å². The van der Waals surface area contributed by atoms with Crippen molar-refractivity contribution in [3.63, 3.8) is 0 Å². The van der Waals surface area contributed by atoms with Gasteiger partial charge in [0.25, 0.3) is 0 Å². The van der Waals surface area contributed by atoms with E-state index in [2.05, 4.69) is 9.81 Å². The molecular formula is C2H9NO5P2. The van der Waals surface area contributed by atoms with Gasteiger partial charge in [-0.25, -0.2) is 14.4 Å². The van der Waals surface area contributed by atoms with Gasteiger partial charge >= 0.3 is 15.3 Å². The van der Waals surface area contributed by atoms with Crippen molar-refractivity contribution < 1.29 is 23.2 Å². The number of hydrogen-bond donors (Lipinski definition) is 3. The van der Waals surface area contributed by atoms with Gasteiger partial charge in [0, 0.05) is 6.16 Å². The fourth-order valence-corrected chi connectivity index (χ4v) is 2.16. The van der Waals surface area contributed by atoms with Crippen LogP contribution >= 0.6 is 15.3 Å². The molecule has 4 N–H and O–H groups in total. The second kappa shape index (κ2) is 3.13. The predicted octanol–water partition coefficient (Wildman–Crippen LogP) is 0.267. The Bertz CT molecular complexity index is 196. The fraction of sp³-hybridized carbons (Fsp3) is 1.00. The summed E-state index contributed by atoms with van der Waals surface area (Å²) >= 11 is 0. The van der Waals surface area contributed by atoms with Crippen LogP contribution in [0.5, 0.6) is 0 Å². The molecule has 0 aromatic rings. The molecule has 0 saturated heterocycles. The van der Waals surface area contributed by atoms with Gasteiger partial charge in [-0.3, -0.25) is 4.57 Å². The Kier molecular flexibility index (Phi) is 3.23. The van der Waals surface area contributed by atoms with Crippen LogP contribution in [0.4, 0.5) is 0 Å². The molecule has 0 spiro atoms. The maximum Gasteiger partial charge on any atom is 0.407 e. The molecule has 0 saturated carbocycles. The van der Waals surface area contributed by atoms with Crippen LogP contribution in [0.25, 0.3) is 0 Å². The molecule has 0 aromatic heterocycles. The SMILES string of the molecule is CCP(=O)(O)OP(N)(=O)O. The molecule has 62 valence electrons. The normalized spacial score (nSPS) is 23.2. The highest BCUT2D eigenvalue weighted by Gasteiger charge is 2.26. The van der Waals surface area contributed by atoms with E-state index in [1.165, 1.54) is 6.92 Å². The minimum atomic E-state index is -4.32. The van der Waals surface area contributed by atoms with Crippen molar-refractivity contribution in [2.75, 3.05) is 6.16 Å². The summed E-state index contributed by atoms with van der Waals surface area (Å²) in [5.74, 6) is 0. The lowest BCUT2D eigenvalue weighted by Crippen LogP contribution is -1.97. The van der Waals surface area contributed by atoms with E-state index in [0.717, 1.165) is 0 Å². The van der Waals surface area contributed by atoms with Crippen molar-refractivity contribution in [1.29, 1.82) is 0 Å². The minimum Gasteiger partial charge on any atom is -0.324 e. The van der Waals surface area contributed by atoms with Gasteiger partial charge in [-0.15, -0.1) is 0 Å². The molecule has 0 aliphatic heterocycles. The third-order valence-corrected chi connectivity index (χ3v) is 3.40. The highest BCUT2D eigenvalue weighted by molar-refractivity contribution is 7.65. The zero-order valence-electron chi connectivity index (χ0n) is 5.30. The molecule has 0 rings (SSSR count). The molecule has 0 bridgehead atoms. The van der Waals surface area contributed by atoms with Crippen LogP contribution in [0.1, 0.15) is 6.92 Å². The van der Waals surface area contributed by atoms with E-state index in [4.69, 9.17) is 9.79 Å². The smallest absolute Gasteiger partial charge is 0.324 e. The second-order valence-corrected chi connectivity index (χ2v) is 5.29. The number of hydrogen-bond acceptors (Lipinski definition) is 3. The average molecular weight is 189 g/mol. The van der Waals surface area contributed by atoms with Gasteiger partial charge in [-0.05, 0) is 0 Å². The standard InChI is InChI=1S/C2H9NO5P2/c1-2-9(4,5)8-10(3,6)7/h2H2,1H3,(H,4,5)(H3,3,6,7). The molecule has 0 radical (unpaired) electrons. The van der Waals surface area contributed by atoms with Gasteiger partial charge in [0.15, 0.2) is 0 Å². The molecule has 0 aliphatic rings. The van der Waals surface area contributed by atoms with E-state index in [9.17, 15) is 9.13 Å². The summed E-state index contributed by atoms with van der Waals surface area (Å²) in [7, 11) is -8.25. The third-order valence-electron chi connectivity index (χ3n) is 0.644. The van der Waals surface area contributed by atoms with Crippen molar-refractivity contribution in [2.24, 2.45) is 5.50 Å². The van der Waals surface area contributed by atoms with Crippen LogP contribution in [0.15, 0.2) is 0 Å². The fourth-order valence-electron chi connectivity index (χ4n) is 0.241. The van der Waals surface area contributed by atoms with Crippen molar-refractivity contribution in [3.8, 4) is 0 Å². The largest absolute Gasteiger partial charge is 0.407 e. The van der Waals surface area contributed by atoms with Crippen molar-refractivity contribution in [2.45, 2.75) is 6.92 Å². The highest BCUT2D eigenvalue weighted by Crippen LogP contribution is 2.54. The third kappa shape index (κ3) is 5.11. The lowest BCUT2D eigenvalue weighted by atomic mass is 11.0. The first-order valence-corrected chi connectivity index (χ1v) is 5.82. The summed E-state index contributed by atoms with van der Waals surface area (Å²) < 4.78 is 24.5. The number of rotatable bonds is 3. The first-order chi connectivity index (χ1) is 4.27. The zero-order valence-corrected chi connectivity index (χ0v) is 7.09. The van der Waals surface area contributed by atoms with Gasteiger partial charge in [0.05, 0.1) is 0 Å². The summed E-state index contributed by atoms with van der Waals surface area (Å²) in [6, 6.07) is 0. The van der Waals surface area contributed by atoms with Crippen molar-refractivity contribution in [1.82, 2.24) is 0 Å². The lowest BCUT2D eigenvalue weighted by molar-refractivity contribution is 0.334. The quantitative estimate of drug-likeness (QED) is 0.549. The summed E-state index contributed by atoms with van der Waals surface area (Å²) in [5.41, 5.74) is 4.45. The van der Waals surface area contributed by atoms with Gasteiger partial charge in [0.1, 0.15) is 0 Å². The first kappa shape index (κ1) is 10.3. The van der Waals surface area contributed by atoms with E-state index in [-0.39, 0.29) is 6.16 Å². The Hall–Kier alpha value is 0.300. The van der Waals surface area contributed by atoms with Crippen LogP contribution in [0, 0.1) is 0 Å². The molecular weight excluding hydrogens is 180 g/mol. The van der Waals surface area contributed by atoms with Crippen molar-refractivity contribution in [3.05, 3.63) is 0 Å². The van der Waals surface area contributed by atoms with Gasteiger partial charge < -0.3 is 9.79 Å². The maximum absolute atomic E-state index is 10.5. The second-order valence-electron chi connectivity index (χ2n) is 1.60. The molecule has 2 unspecified atom stereocenters. The van der Waals surface area contributed by atoms with Gasteiger partial charge in [-0.1, -0.05) is 6.92 Å². The van der Waals surface area contributed by atoms with Crippen LogP contribution in [-0.2, 0) is 13.4 Å². The maximum atomic E-state index is 10.5.